The highest BCUT2D eigenvalue weighted by Crippen LogP contribution is 2.07. The van der Waals surface area contributed by atoms with E-state index in [1.165, 1.54) is 24.3 Å². The molecule has 0 unspecified atom stereocenters. The smallest absolute Gasteiger partial charge is 0.319 e. The molecule has 0 atom stereocenters. The number of nitrogens with one attached hydrogen (secondary N) is 3. The van der Waals surface area contributed by atoms with Crippen molar-refractivity contribution in [3.8, 4) is 0 Å². The molecule has 3 N–H and O–H groups in total. The van der Waals surface area contributed by atoms with Crippen LogP contribution in [0.4, 0.5) is 14.9 Å². The van der Waals surface area contributed by atoms with E-state index in [2.05, 4.69) is 16.0 Å². The summed E-state index contributed by atoms with van der Waals surface area (Å²) < 4.78 is 12.7. The van der Waals surface area contributed by atoms with Crippen LogP contribution in [0.5, 0.6) is 0 Å². The Morgan fingerprint density at radius 1 is 1.09 bits per heavy atom. The molecule has 0 aliphatic carbocycles. The van der Waals surface area contributed by atoms with Gasteiger partial charge >= 0.3 is 6.03 Å². The number of urea groups is 1. The van der Waals surface area contributed by atoms with Gasteiger partial charge in [-0.15, -0.1) is 0 Å². The Kier molecular flexibility index (Phi) is 7.96. The van der Waals surface area contributed by atoms with Crippen molar-refractivity contribution in [1.29, 1.82) is 0 Å². The first-order valence-corrected chi connectivity index (χ1v) is 7.54. The second kappa shape index (κ2) is 9.76. The van der Waals surface area contributed by atoms with E-state index in [0.717, 1.165) is 12.8 Å². The Hall–Kier alpha value is -2.11. The molecule has 22 heavy (non-hydrogen) atoms. The van der Waals surface area contributed by atoms with Gasteiger partial charge in [0.25, 0.3) is 0 Å². The predicted octanol–water partition coefficient (Wildman–Crippen LogP) is 2.89. The van der Waals surface area contributed by atoms with Crippen LogP contribution in [-0.4, -0.2) is 25.0 Å². The fourth-order valence-electron chi connectivity index (χ4n) is 1.73. The maximum Gasteiger partial charge on any atom is 0.319 e. The molecule has 1 aromatic rings. The van der Waals surface area contributed by atoms with Crippen molar-refractivity contribution in [2.75, 3.05) is 18.4 Å². The normalized spacial score (nSPS) is 10.4. The topological polar surface area (TPSA) is 70.2 Å². The van der Waals surface area contributed by atoms with E-state index in [0.29, 0.717) is 31.1 Å². The van der Waals surface area contributed by atoms with Crippen LogP contribution >= 0.6 is 0 Å². The Bertz CT molecular complexity index is 475. The van der Waals surface area contributed by atoms with Crippen LogP contribution in [0.1, 0.15) is 33.1 Å². The Morgan fingerprint density at radius 2 is 1.77 bits per heavy atom. The minimum Gasteiger partial charge on any atom is -0.356 e. The molecule has 0 saturated carbocycles. The van der Waals surface area contributed by atoms with Crippen LogP contribution in [-0.2, 0) is 4.79 Å². The molecular formula is C16H24FN3O2. The number of unbranched alkanes of at least 4 members (excludes halogenated alkanes) is 1. The van der Waals surface area contributed by atoms with Gasteiger partial charge in [-0.25, -0.2) is 9.18 Å². The van der Waals surface area contributed by atoms with Crippen LogP contribution in [0.3, 0.4) is 0 Å². The van der Waals surface area contributed by atoms with E-state index in [4.69, 9.17) is 0 Å². The second-order valence-corrected chi connectivity index (χ2v) is 5.54. The first-order chi connectivity index (χ1) is 10.5. The number of carbonyl (C=O) groups excluding carboxylic acids is 2. The highest BCUT2D eigenvalue weighted by atomic mass is 19.1. The Labute approximate surface area is 130 Å². The van der Waals surface area contributed by atoms with Gasteiger partial charge in [-0.3, -0.25) is 4.79 Å². The first-order valence-electron chi connectivity index (χ1n) is 7.54. The van der Waals surface area contributed by atoms with Crippen molar-refractivity contribution in [3.63, 3.8) is 0 Å². The van der Waals surface area contributed by atoms with Crippen molar-refractivity contribution in [2.45, 2.75) is 33.1 Å². The fourth-order valence-corrected chi connectivity index (χ4v) is 1.73. The lowest BCUT2D eigenvalue weighted by Crippen LogP contribution is -2.30. The number of anilines is 1. The second-order valence-electron chi connectivity index (χ2n) is 5.54. The molecule has 5 nitrogen and oxygen atoms in total. The van der Waals surface area contributed by atoms with Crippen molar-refractivity contribution >= 4 is 17.6 Å². The summed E-state index contributed by atoms with van der Waals surface area (Å²) >= 11 is 0. The third-order valence-corrected chi connectivity index (χ3v) is 2.93. The SMILES string of the molecule is CC(C)CNC(=O)CCCCNC(=O)Nc1ccc(F)cc1. The maximum absolute atomic E-state index is 12.7. The summed E-state index contributed by atoms with van der Waals surface area (Å²) in [4.78, 5) is 23.0. The Balaban J connectivity index is 2.08. The molecular weight excluding hydrogens is 285 g/mol. The van der Waals surface area contributed by atoms with Crippen LogP contribution in [0.2, 0.25) is 0 Å². The summed E-state index contributed by atoms with van der Waals surface area (Å²) in [6, 6.07) is 5.22. The highest BCUT2D eigenvalue weighted by molar-refractivity contribution is 5.89. The molecule has 0 spiro atoms. The average Bonchev–Trinajstić information content (AvgIpc) is 2.47. The minimum absolute atomic E-state index is 0.0458. The largest absolute Gasteiger partial charge is 0.356 e. The molecule has 0 bridgehead atoms. The number of hydrogen-bond acceptors (Lipinski definition) is 2. The third-order valence-electron chi connectivity index (χ3n) is 2.93. The zero-order valence-corrected chi connectivity index (χ0v) is 13.1. The Morgan fingerprint density at radius 3 is 2.41 bits per heavy atom. The molecule has 0 aliphatic rings. The number of benzene rings is 1. The number of hydrogen-bond donors (Lipinski definition) is 3. The van der Waals surface area contributed by atoms with Crippen molar-refractivity contribution < 1.29 is 14.0 Å². The van der Waals surface area contributed by atoms with E-state index >= 15 is 0 Å². The van der Waals surface area contributed by atoms with E-state index in [1.807, 2.05) is 13.8 Å². The first kappa shape index (κ1) is 17.9. The van der Waals surface area contributed by atoms with E-state index < -0.39 is 0 Å². The molecule has 0 saturated heterocycles. The molecule has 3 amide bonds. The summed E-state index contributed by atoms with van der Waals surface area (Å²) in [6.07, 6.45) is 1.92. The molecule has 1 rings (SSSR count). The van der Waals surface area contributed by atoms with E-state index in [9.17, 15) is 14.0 Å². The van der Waals surface area contributed by atoms with Crippen molar-refractivity contribution in [1.82, 2.24) is 10.6 Å². The van der Waals surface area contributed by atoms with Gasteiger partial charge in [0.1, 0.15) is 5.82 Å². The van der Waals surface area contributed by atoms with Gasteiger partial charge in [-0.05, 0) is 43.0 Å². The highest BCUT2D eigenvalue weighted by Gasteiger charge is 2.03. The number of halogens is 1. The van der Waals surface area contributed by atoms with E-state index in [-0.39, 0.29) is 17.8 Å². The number of carbonyl (C=O) groups is 2. The zero-order chi connectivity index (χ0) is 16.4. The zero-order valence-electron chi connectivity index (χ0n) is 13.1. The van der Waals surface area contributed by atoms with E-state index in [1.54, 1.807) is 0 Å². The summed E-state index contributed by atoms with van der Waals surface area (Å²) in [7, 11) is 0. The molecule has 122 valence electrons. The summed E-state index contributed by atoms with van der Waals surface area (Å²) in [5, 5.41) is 8.15. The quantitative estimate of drug-likeness (QED) is 0.646. The molecule has 0 radical (unpaired) electrons. The van der Waals surface area contributed by atoms with Crippen molar-refractivity contribution in [2.24, 2.45) is 5.92 Å². The molecule has 0 aliphatic heterocycles. The molecule has 0 aromatic heterocycles. The average molecular weight is 309 g/mol. The van der Waals surface area contributed by atoms with Gasteiger partial charge in [-0.2, -0.15) is 0 Å². The molecule has 0 fully saturated rings. The summed E-state index contributed by atoms with van der Waals surface area (Å²) in [6.45, 7) is 5.27. The lowest BCUT2D eigenvalue weighted by atomic mass is 10.2. The predicted molar refractivity (Wildman–Crippen MR) is 85.1 cm³/mol. The molecule has 0 heterocycles. The van der Waals surface area contributed by atoms with Crippen LogP contribution in [0.15, 0.2) is 24.3 Å². The van der Waals surface area contributed by atoms with Gasteiger partial charge in [-0.1, -0.05) is 13.8 Å². The molecule has 6 heteroatoms. The number of amides is 3. The van der Waals surface area contributed by atoms with Crippen LogP contribution in [0.25, 0.3) is 0 Å². The third kappa shape index (κ3) is 8.24. The van der Waals surface area contributed by atoms with Crippen LogP contribution < -0.4 is 16.0 Å². The fraction of sp³-hybridized carbons (Fsp3) is 0.500. The van der Waals surface area contributed by atoms with Crippen LogP contribution in [0, 0.1) is 11.7 Å². The van der Waals surface area contributed by atoms with Gasteiger partial charge in [0.15, 0.2) is 0 Å². The monoisotopic (exact) mass is 309 g/mol. The maximum atomic E-state index is 12.7. The van der Waals surface area contributed by atoms with Gasteiger partial charge in [0.05, 0.1) is 0 Å². The summed E-state index contributed by atoms with van der Waals surface area (Å²) in [5.41, 5.74) is 0.534. The number of rotatable bonds is 8. The lowest BCUT2D eigenvalue weighted by molar-refractivity contribution is -0.121. The van der Waals surface area contributed by atoms with Gasteiger partial charge in [0, 0.05) is 25.2 Å². The summed E-state index contributed by atoms with van der Waals surface area (Å²) in [5.74, 6) is 0.145. The van der Waals surface area contributed by atoms with Gasteiger partial charge < -0.3 is 16.0 Å². The minimum atomic E-state index is -0.346. The standard InChI is InChI=1S/C16H24FN3O2/c1-12(2)11-19-15(21)5-3-4-10-18-16(22)20-14-8-6-13(17)7-9-14/h6-9,12H,3-5,10-11H2,1-2H3,(H,19,21)(H2,18,20,22). The van der Waals surface area contributed by atoms with Gasteiger partial charge in [0.2, 0.25) is 5.91 Å². The van der Waals surface area contributed by atoms with Crippen molar-refractivity contribution in [3.05, 3.63) is 30.1 Å². The lowest BCUT2D eigenvalue weighted by Gasteiger charge is -2.08. The molecule has 1 aromatic carbocycles.